The van der Waals surface area contributed by atoms with E-state index in [1.807, 2.05) is 6.07 Å². The zero-order valence-corrected chi connectivity index (χ0v) is 12.2. The summed E-state index contributed by atoms with van der Waals surface area (Å²) >= 11 is 1.77. The van der Waals surface area contributed by atoms with Gasteiger partial charge in [0, 0.05) is 21.0 Å². The highest BCUT2D eigenvalue weighted by atomic mass is 32.2. The van der Waals surface area contributed by atoms with E-state index < -0.39 is 0 Å². The van der Waals surface area contributed by atoms with Gasteiger partial charge in [0.05, 0.1) is 5.69 Å². The highest BCUT2D eigenvalue weighted by Gasteiger charge is 2.03. The fourth-order valence-electron chi connectivity index (χ4n) is 2.01. The predicted molar refractivity (Wildman–Crippen MR) is 84.0 cm³/mol. The summed E-state index contributed by atoms with van der Waals surface area (Å²) in [6.07, 6.45) is 0.981. The molecule has 0 aliphatic carbocycles. The molecule has 0 fully saturated rings. The van der Waals surface area contributed by atoms with Crippen LogP contribution < -0.4 is 0 Å². The lowest BCUT2D eigenvalue weighted by atomic mass is 10.1. The van der Waals surface area contributed by atoms with Gasteiger partial charge in [-0.2, -0.15) is 5.10 Å². The summed E-state index contributed by atoms with van der Waals surface area (Å²) in [4.78, 5) is 2.50. The molecular weight excluding hydrogens is 264 g/mol. The highest BCUT2D eigenvalue weighted by molar-refractivity contribution is 7.99. The number of nitrogens with one attached hydrogen (secondary N) is 1. The van der Waals surface area contributed by atoms with E-state index in [1.165, 1.54) is 15.5 Å². The minimum absolute atomic E-state index is 0.981. The first kappa shape index (κ1) is 13.0. The molecule has 100 valence electrons. The Hall–Kier alpha value is -2.00. The third-order valence-electron chi connectivity index (χ3n) is 3.14. The number of aryl methyl sites for hydroxylation is 1. The van der Waals surface area contributed by atoms with Gasteiger partial charge in [-0.15, -0.1) is 0 Å². The van der Waals surface area contributed by atoms with Gasteiger partial charge >= 0.3 is 0 Å². The first-order valence-corrected chi connectivity index (χ1v) is 7.54. The maximum atomic E-state index is 4.34. The highest BCUT2D eigenvalue weighted by Crippen LogP contribution is 2.29. The van der Waals surface area contributed by atoms with E-state index in [4.69, 9.17) is 0 Å². The van der Waals surface area contributed by atoms with E-state index >= 15 is 0 Å². The van der Waals surface area contributed by atoms with E-state index in [2.05, 4.69) is 71.7 Å². The first-order valence-electron chi connectivity index (χ1n) is 6.73. The Bertz CT molecular complexity index is 672. The molecule has 0 aliphatic rings. The number of rotatable bonds is 4. The van der Waals surface area contributed by atoms with Crippen molar-refractivity contribution in [2.24, 2.45) is 0 Å². The number of H-pyrrole nitrogens is 1. The fraction of sp³-hybridized carbons (Fsp3) is 0.118. The molecule has 0 spiro atoms. The largest absolute Gasteiger partial charge is 0.282 e. The molecule has 0 saturated carbocycles. The molecule has 2 aromatic carbocycles. The Kier molecular flexibility index (Phi) is 3.88. The summed E-state index contributed by atoms with van der Waals surface area (Å²) in [5, 5.41) is 7.39. The van der Waals surface area contributed by atoms with Crippen LogP contribution in [-0.4, -0.2) is 10.2 Å². The predicted octanol–water partition coefficient (Wildman–Crippen LogP) is 4.79. The van der Waals surface area contributed by atoms with Gasteiger partial charge in [0.25, 0.3) is 0 Å². The van der Waals surface area contributed by atoms with E-state index in [1.54, 1.807) is 11.8 Å². The van der Waals surface area contributed by atoms with E-state index in [9.17, 15) is 0 Å². The van der Waals surface area contributed by atoms with Crippen molar-refractivity contribution >= 4 is 11.8 Å². The van der Waals surface area contributed by atoms with Gasteiger partial charge in [0.15, 0.2) is 0 Å². The number of hydrogen-bond donors (Lipinski definition) is 1. The normalized spacial score (nSPS) is 10.7. The van der Waals surface area contributed by atoms with Crippen LogP contribution in [0.2, 0.25) is 0 Å². The molecule has 0 aliphatic heterocycles. The molecule has 0 unspecified atom stereocenters. The molecule has 3 rings (SSSR count). The van der Waals surface area contributed by atoms with Crippen LogP contribution in [0.25, 0.3) is 11.3 Å². The monoisotopic (exact) mass is 280 g/mol. The lowest BCUT2D eigenvalue weighted by Crippen LogP contribution is -1.78. The molecule has 1 aromatic heterocycles. The minimum atomic E-state index is 0.981. The first-order chi connectivity index (χ1) is 9.85. The maximum absolute atomic E-state index is 4.34. The van der Waals surface area contributed by atoms with Crippen LogP contribution in [0.1, 0.15) is 12.6 Å². The standard InChI is InChI=1S/C17H16N2S/c1-2-14-12-17(19-18-14)13-8-10-16(11-9-13)20-15-6-4-3-5-7-15/h3-12H,2H2,1H3,(H,18,19). The van der Waals surface area contributed by atoms with Gasteiger partial charge < -0.3 is 0 Å². The van der Waals surface area contributed by atoms with Crippen LogP contribution in [-0.2, 0) is 6.42 Å². The Morgan fingerprint density at radius 2 is 1.65 bits per heavy atom. The van der Waals surface area contributed by atoms with Crippen molar-refractivity contribution in [1.29, 1.82) is 0 Å². The van der Waals surface area contributed by atoms with Crippen LogP contribution in [0.3, 0.4) is 0 Å². The summed E-state index contributed by atoms with van der Waals surface area (Å²) in [5.74, 6) is 0. The Morgan fingerprint density at radius 3 is 2.30 bits per heavy atom. The quantitative estimate of drug-likeness (QED) is 0.744. The van der Waals surface area contributed by atoms with Gasteiger partial charge in [-0.3, -0.25) is 5.10 Å². The zero-order valence-electron chi connectivity index (χ0n) is 11.3. The SMILES string of the molecule is CCc1cc(-c2ccc(Sc3ccccc3)cc2)n[nH]1. The number of benzene rings is 2. The number of aromatic amines is 1. The van der Waals surface area contributed by atoms with Crippen molar-refractivity contribution in [2.45, 2.75) is 23.1 Å². The molecule has 0 amide bonds. The zero-order chi connectivity index (χ0) is 13.8. The molecule has 1 heterocycles. The topological polar surface area (TPSA) is 28.7 Å². The molecule has 2 nitrogen and oxygen atoms in total. The van der Waals surface area contributed by atoms with Crippen molar-refractivity contribution in [1.82, 2.24) is 10.2 Å². The summed E-state index contributed by atoms with van der Waals surface area (Å²) in [6.45, 7) is 2.12. The molecule has 3 aromatic rings. The summed E-state index contributed by atoms with van der Waals surface area (Å²) < 4.78 is 0. The van der Waals surface area contributed by atoms with Crippen molar-refractivity contribution in [3.8, 4) is 11.3 Å². The van der Waals surface area contributed by atoms with Crippen LogP contribution in [0.5, 0.6) is 0 Å². The van der Waals surface area contributed by atoms with Crippen LogP contribution in [0, 0.1) is 0 Å². The molecule has 0 atom stereocenters. The second kappa shape index (κ2) is 5.97. The second-order valence-electron chi connectivity index (χ2n) is 4.57. The molecule has 0 bridgehead atoms. The van der Waals surface area contributed by atoms with Gasteiger partial charge in [-0.05, 0) is 36.8 Å². The van der Waals surface area contributed by atoms with Gasteiger partial charge in [0.1, 0.15) is 0 Å². The fourth-order valence-corrected chi connectivity index (χ4v) is 2.85. The number of aromatic nitrogens is 2. The van der Waals surface area contributed by atoms with E-state index in [0.29, 0.717) is 0 Å². The van der Waals surface area contributed by atoms with Crippen molar-refractivity contribution < 1.29 is 0 Å². The third-order valence-corrected chi connectivity index (χ3v) is 4.16. The molecule has 3 heteroatoms. The third kappa shape index (κ3) is 2.94. The van der Waals surface area contributed by atoms with Crippen LogP contribution in [0.15, 0.2) is 70.5 Å². The number of nitrogens with zero attached hydrogens (tertiary/aromatic N) is 1. The van der Waals surface area contributed by atoms with E-state index in [0.717, 1.165) is 17.7 Å². The summed E-state index contributed by atoms with van der Waals surface area (Å²) in [5.41, 5.74) is 3.33. The smallest absolute Gasteiger partial charge is 0.0923 e. The van der Waals surface area contributed by atoms with E-state index in [-0.39, 0.29) is 0 Å². The van der Waals surface area contributed by atoms with Crippen molar-refractivity contribution in [3.05, 3.63) is 66.4 Å². The Morgan fingerprint density at radius 1 is 0.950 bits per heavy atom. The lowest BCUT2D eigenvalue weighted by Gasteiger charge is -2.02. The molecule has 0 saturated heterocycles. The average molecular weight is 280 g/mol. The van der Waals surface area contributed by atoms with Crippen molar-refractivity contribution in [2.75, 3.05) is 0 Å². The van der Waals surface area contributed by atoms with Gasteiger partial charge in [-0.1, -0.05) is 49.0 Å². The van der Waals surface area contributed by atoms with Crippen LogP contribution >= 0.6 is 11.8 Å². The Labute approximate surface area is 123 Å². The molecule has 0 radical (unpaired) electrons. The maximum Gasteiger partial charge on any atom is 0.0923 e. The Balaban J connectivity index is 1.77. The summed E-state index contributed by atoms with van der Waals surface area (Å²) in [6, 6.07) is 21.1. The second-order valence-corrected chi connectivity index (χ2v) is 5.72. The molecule has 1 N–H and O–H groups in total. The summed E-state index contributed by atoms with van der Waals surface area (Å²) in [7, 11) is 0. The lowest BCUT2D eigenvalue weighted by molar-refractivity contribution is 0.976. The van der Waals surface area contributed by atoms with Crippen LogP contribution in [0.4, 0.5) is 0 Å². The number of hydrogen-bond acceptors (Lipinski definition) is 2. The molecule has 20 heavy (non-hydrogen) atoms. The molecular formula is C17H16N2S. The van der Waals surface area contributed by atoms with Gasteiger partial charge in [-0.25, -0.2) is 0 Å². The average Bonchev–Trinajstić information content (AvgIpc) is 2.98. The van der Waals surface area contributed by atoms with Gasteiger partial charge in [0.2, 0.25) is 0 Å². The van der Waals surface area contributed by atoms with Crippen molar-refractivity contribution in [3.63, 3.8) is 0 Å². The minimum Gasteiger partial charge on any atom is -0.282 e.